The first kappa shape index (κ1) is 23.9. The van der Waals surface area contributed by atoms with E-state index >= 15 is 0 Å². The third kappa shape index (κ3) is 3.50. The fourth-order valence-electron chi connectivity index (χ4n) is 11.0. The van der Waals surface area contributed by atoms with Crippen LogP contribution in [0.1, 0.15) is 118 Å². The summed E-state index contributed by atoms with van der Waals surface area (Å²) in [6.45, 7) is 20.4. The van der Waals surface area contributed by atoms with Crippen molar-refractivity contribution in [2.45, 2.75) is 118 Å². The zero-order valence-corrected chi connectivity index (χ0v) is 22.6. The van der Waals surface area contributed by atoms with E-state index in [4.69, 9.17) is 0 Å². The Labute approximate surface area is 205 Å². The summed E-state index contributed by atoms with van der Waals surface area (Å²) in [7, 11) is 0. The summed E-state index contributed by atoms with van der Waals surface area (Å²) < 4.78 is 0. The van der Waals surface area contributed by atoms with E-state index in [1.165, 1.54) is 70.6 Å². The van der Waals surface area contributed by atoms with Crippen LogP contribution in [0.2, 0.25) is 0 Å². The van der Waals surface area contributed by atoms with Crippen LogP contribution in [-0.4, -0.2) is 0 Å². The summed E-state index contributed by atoms with van der Waals surface area (Å²) in [6.07, 6.45) is 23.8. The van der Waals surface area contributed by atoms with Gasteiger partial charge in [-0.15, -0.1) is 6.58 Å². The molecular formula is C33H52. The van der Waals surface area contributed by atoms with Gasteiger partial charge in [0.25, 0.3) is 0 Å². The van der Waals surface area contributed by atoms with Gasteiger partial charge in [-0.3, -0.25) is 0 Å². The van der Waals surface area contributed by atoms with Crippen LogP contribution in [0.3, 0.4) is 0 Å². The second-order valence-corrected chi connectivity index (χ2v) is 14.3. The van der Waals surface area contributed by atoms with E-state index in [-0.39, 0.29) is 0 Å². The van der Waals surface area contributed by atoms with Crippen molar-refractivity contribution in [1.29, 1.82) is 0 Å². The van der Waals surface area contributed by atoms with E-state index in [1.54, 1.807) is 24.5 Å². The standard InChI is InChI=1S/C30H46.C3H6/c1-20-12-16-29(5)25(27(20,2)3)14-17-28(4)23-13-18-30(19-21-8-9-21)15-6-7-24(30)22(23)10-11-26(28)29;1-3-2/h19,22-26H,1,6-18H2,2-5H3;3H,1H2,2H3/t22?,23?,24-,25?,26?,28?,29?,30?;/m1./s1. The highest BCUT2D eigenvalue weighted by Crippen LogP contribution is 2.73. The van der Waals surface area contributed by atoms with Crippen LogP contribution in [0, 0.1) is 51.2 Å². The minimum absolute atomic E-state index is 0.342. The lowest BCUT2D eigenvalue weighted by Gasteiger charge is -2.69. The summed E-state index contributed by atoms with van der Waals surface area (Å²) in [6, 6.07) is 0. The predicted octanol–water partition coefficient (Wildman–Crippen LogP) is 9.92. The van der Waals surface area contributed by atoms with Crippen molar-refractivity contribution in [2.75, 3.05) is 0 Å². The van der Waals surface area contributed by atoms with Gasteiger partial charge in [0.2, 0.25) is 0 Å². The zero-order valence-electron chi connectivity index (χ0n) is 22.6. The average molecular weight is 449 g/mol. The topological polar surface area (TPSA) is 0 Å². The van der Waals surface area contributed by atoms with Crippen LogP contribution in [0.25, 0.3) is 0 Å². The Balaban J connectivity index is 0.000000724. The Morgan fingerprint density at radius 1 is 0.758 bits per heavy atom. The number of hydrogen-bond acceptors (Lipinski definition) is 0. The molecule has 0 bridgehead atoms. The fraction of sp³-hybridized carbons (Fsp3) is 0.818. The van der Waals surface area contributed by atoms with E-state index in [0.29, 0.717) is 21.7 Å². The number of rotatable bonds is 1. The maximum absolute atomic E-state index is 4.54. The van der Waals surface area contributed by atoms with Gasteiger partial charge in [0.15, 0.2) is 0 Å². The van der Waals surface area contributed by atoms with Crippen LogP contribution in [0.15, 0.2) is 36.5 Å². The van der Waals surface area contributed by atoms with Crippen LogP contribution in [-0.2, 0) is 0 Å². The molecule has 0 aromatic rings. The molecule has 0 heterocycles. The smallest absolute Gasteiger partial charge is 0.00844 e. The zero-order chi connectivity index (χ0) is 23.6. The number of hydrogen-bond donors (Lipinski definition) is 0. The SMILES string of the molecule is C=C1CCC2(C)C(CCC3(C)C4CCC5(C=C6CC6)CCC[C@@H]5C4CCC32)C1(C)C.C=CC. The third-order valence-electron chi connectivity index (χ3n) is 12.6. The minimum Gasteiger partial charge on any atom is -0.103 e. The van der Waals surface area contributed by atoms with Gasteiger partial charge < -0.3 is 0 Å². The maximum Gasteiger partial charge on any atom is -0.00844 e. The highest BCUT2D eigenvalue weighted by Gasteiger charge is 2.65. The molecule has 6 aliphatic carbocycles. The van der Waals surface area contributed by atoms with Crippen LogP contribution in [0.5, 0.6) is 0 Å². The summed E-state index contributed by atoms with van der Waals surface area (Å²) in [5.74, 6) is 4.87. The number of allylic oxidation sites excluding steroid dienone is 4. The van der Waals surface area contributed by atoms with E-state index in [1.807, 2.05) is 12.5 Å². The molecule has 0 amide bonds. The van der Waals surface area contributed by atoms with E-state index in [0.717, 1.165) is 29.6 Å². The molecule has 0 spiro atoms. The van der Waals surface area contributed by atoms with Gasteiger partial charge in [-0.25, -0.2) is 0 Å². The van der Waals surface area contributed by atoms with E-state index < -0.39 is 0 Å². The van der Waals surface area contributed by atoms with Gasteiger partial charge in [-0.1, -0.05) is 64.0 Å². The molecule has 7 unspecified atom stereocenters. The molecule has 0 radical (unpaired) electrons. The lowest BCUT2D eigenvalue weighted by Crippen LogP contribution is -2.61. The maximum atomic E-state index is 4.54. The third-order valence-corrected chi connectivity index (χ3v) is 12.6. The molecule has 0 N–H and O–H groups in total. The molecule has 6 saturated carbocycles. The fourth-order valence-corrected chi connectivity index (χ4v) is 11.0. The minimum atomic E-state index is 0.342. The summed E-state index contributed by atoms with van der Waals surface area (Å²) in [5, 5.41) is 0. The number of fused-ring (bicyclic) bond motifs is 7. The Hall–Kier alpha value is -0.780. The van der Waals surface area contributed by atoms with E-state index in [9.17, 15) is 0 Å². The Bertz CT molecular complexity index is 821. The van der Waals surface area contributed by atoms with Crippen molar-refractivity contribution in [3.63, 3.8) is 0 Å². The lowest BCUT2D eigenvalue weighted by molar-refractivity contribution is -0.183. The van der Waals surface area contributed by atoms with Crippen LogP contribution >= 0.6 is 0 Å². The second-order valence-electron chi connectivity index (χ2n) is 14.3. The highest BCUT2D eigenvalue weighted by atomic mass is 14.7. The van der Waals surface area contributed by atoms with Gasteiger partial charge in [-0.05, 0) is 135 Å². The summed E-state index contributed by atoms with van der Waals surface area (Å²) in [4.78, 5) is 0. The van der Waals surface area contributed by atoms with Crippen LogP contribution < -0.4 is 0 Å². The van der Waals surface area contributed by atoms with Crippen molar-refractivity contribution < 1.29 is 0 Å². The molecule has 6 rings (SSSR count). The molecule has 184 valence electrons. The summed E-state index contributed by atoms with van der Waals surface area (Å²) in [5.41, 5.74) is 5.48. The average Bonchev–Trinajstić information content (AvgIpc) is 3.46. The monoisotopic (exact) mass is 448 g/mol. The molecule has 0 saturated heterocycles. The first-order valence-corrected chi connectivity index (χ1v) is 14.6. The Kier molecular flexibility index (Phi) is 5.90. The van der Waals surface area contributed by atoms with Crippen molar-refractivity contribution in [3.8, 4) is 0 Å². The van der Waals surface area contributed by atoms with Crippen molar-refractivity contribution in [3.05, 3.63) is 36.5 Å². The summed E-state index contributed by atoms with van der Waals surface area (Å²) >= 11 is 0. The molecule has 0 heteroatoms. The van der Waals surface area contributed by atoms with Gasteiger partial charge in [0, 0.05) is 0 Å². The van der Waals surface area contributed by atoms with Gasteiger partial charge in [0.1, 0.15) is 0 Å². The normalized spacial score (nSPS) is 49.4. The molecule has 0 aliphatic heterocycles. The van der Waals surface area contributed by atoms with E-state index in [2.05, 4.69) is 46.9 Å². The molecule has 0 aromatic carbocycles. The van der Waals surface area contributed by atoms with Gasteiger partial charge >= 0.3 is 0 Å². The lowest BCUT2D eigenvalue weighted by atomic mass is 9.36. The van der Waals surface area contributed by atoms with Crippen LogP contribution in [0.4, 0.5) is 0 Å². The molecule has 0 aromatic heterocycles. The molecule has 8 atom stereocenters. The van der Waals surface area contributed by atoms with Crippen molar-refractivity contribution in [1.82, 2.24) is 0 Å². The second kappa shape index (κ2) is 8.13. The molecule has 6 fully saturated rings. The largest absolute Gasteiger partial charge is 0.103 e. The molecule has 33 heavy (non-hydrogen) atoms. The van der Waals surface area contributed by atoms with Crippen molar-refractivity contribution in [2.24, 2.45) is 51.2 Å². The first-order valence-electron chi connectivity index (χ1n) is 14.6. The quantitative estimate of drug-likeness (QED) is 0.350. The predicted molar refractivity (Wildman–Crippen MR) is 143 cm³/mol. The molecule has 0 nitrogen and oxygen atoms in total. The van der Waals surface area contributed by atoms with Gasteiger partial charge in [0.05, 0.1) is 0 Å². The first-order chi connectivity index (χ1) is 15.6. The van der Waals surface area contributed by atoms with Gasteiger partial charge in [-0.2, -0.15) is 0 Å². The molecule has 6 aliphatic rings. The Morgan fingerprint density at radius 3 is 2.18 bits per heavy atom. The Morgan fingerprint density at radius 2 is 1.48 bits per heavy atom. The molecular weight excluding hydrogens is 396 g/mol. The highest BCUT2D eigenvalue weighted by molar-refractivity contribution is 5.26. The van der Waals surface area contributed by atoms with Crippen molar-refractivity contribution >= 4 is 0 Å².